The first-order valence-corrected chi connectivity index (χ1v) is 8.79. The maximum Gasteiger partial charge on any atom is 0.240 e. The van der Waals surface area contributed by atoms with E-state index >= 15 is 0 Å². The molecular weight excluding hydrogens is 332 g/mol. The average molecular weight is 356 g/mol. The predicted molar refractivity (Wildman–Crippen MR) is 98.9 cm³/mol. The normalized spacial score (nSPS) is 13.6. The number of nitrogens with one attached hydrogen (secondary N) is 1. The Balaban J connectivity index is 1.73. The summed E-state index contributed by atoms with van der Waals surface area (Å²) in [5.74, 6) is 0.435. The van der Waals surface area contributed by atoms with Crippen molar-refractivity contribution in [2.45, 2.75) is 26.3 Å². The second kappa shape index (κ2) is 8.14. The third-order valence-electron chi connectivity index (χ3n) is 4.37. The summed E-state index contributed by atoms with van der Waals surface area (Å²) in [6, 6.07) is 9.96. The van der Waals surface area contributed by atoms with Crippen molar-refractivity contribution in [1.29, 1.82) is 0 Å². The maximum atomic E-state index is 12.3. The highest BCUT2D eigenvalue weighted by molar-refractivity contribution is 5.99. The van der Waals surface area contributed by atoms with Crippen molar-refractivity contribution in [1.82, 2.24) is 15.1 Å². The summed E-state index contributed by atoms with van der Waals surface area (Å²) < 4.78 is 6.76. The zero-order chi connectivity index (χ0) is 18.5. The molecule has 1 aromatic carbocycles. The van der Waals surface area contributed by atoms with Crippen molar-refractivity contribution >= 4 is 17.6 Å². The summed E-state index contributed by atoms with van der Waals surface area (Å²) in [7, 11) is 1.63. The van der Waals surface area contributed by atoms with Crippen LogP contribution in [-0.2, 0) is 20.9 Å². The van der Waals surface area contributed by atoms with Crippen LogP contribution in [0.15, 0.2) is 30.3 Å². The molecule has 2 aromatic rings. The molecule has 0 unspecified atom stereocenters. The minimum atomic E-state index is -0.180. The van der Waals surface area contributed by atoms with Gasteiger partial charge in [-0.05, 0) is 13.3 Å². The smallest absolute Gasteiger partial charge is 0.240 e. The van der Waals surface area contributed by atoms with Gasteiger partial charge in [-0.2, -0.15) is 5.10 Å². The van der Waals surface area contributed by atoms with Crippen LogP contribution in [0, 0.1) is 6.92 Å². The van der Waals surface area contributed by atoms with Crippen LogP contribution in [-0.4, -0.2) is 48.4 Å². The highest BCUT2D eigenvalue weighted by atomic mass is 16.5. The predicted octanol–water partition coefficient (Wildman–Crippen LogP) is 1.75. The number of carbonyl (C=O) groups excluding carboxylic acids is 2. The van der Waals surface area contributed by atoms with Crippen molar-refractivity contribution in [3.63, 3.8) is 0 Å². The van der Waals surface area contributed by atoms with Gasteiger partial charge < -0.3 is 10.1 Å². The van der Waals surface area contributed by atoms with Crippen molar-refractivity contribution in [2.24, 2.45) is 0 Å². The Kier molecular flexibility index (Phi) is 5.68. The van der Waals surface area contributed by atoms with Crippen molar-refractivity contribution < 1.29 is 14.3 Å². The molecule has 1 aliphatic heterocycles. The van der Waals surface area contributed by atoms with E-state index in [0.29, 0.717) is 31.9 Å². The molecule has 2 amide bonds. The Morgan fingerprint density at radius 2 is 2.08 bits per heavy atom. The van der Waals surface area contributed by atoms with Gasteiger partial charge in [0.1, 0.15) is 12.4 Å². The van der Waals surface area contributed by atoms with Crippen LogP contribution >= 0.6 is 0 Å². The molecule has 26 heavy (non-hydrogen) atoms. The quantitative estimate of drug-likeness (QED) is 0.767. The Hall–Kier alpha value is -2.67. The number of ether oxygens (including phenoxy) is 1. The summed E-state index contributed by atoms with van der Waals surface area (Å²) >= 11 is 0. The SMILES string of the molecule is COCCCNC(=O)CN1C(=O)CCn2nc(-c3ccc(C)cc3)cc21. The van der Waals surface area contributed by atoms with E-state index in [1.807, 2.05) is 37.3 Å². The molecule has 1 aliphatic rings. The van der Waals surface area contributed by atoms with Gasteiger partial charge in [0.2, 0.25) is 11.8 Å². The maximum absolute atomic E-state index is 12.3. The number of carbonyl (C=O) groups is 2. The van der Waals surface area contributed by atoms with Gasteiger partial charge in [0.15, 0.2) is 0 Å². The molecule has 7 nitrogen and oxygen atoms in total. The van der Waals surface area contributed by atoms with Gasteiger partial charge in [0.25, 0.3) is 0 Å². The molecule has 7 heteroatoms. The lowest BCUT2D eigenvalue weighted by molar-refractivity contribution is -0.124. The molecule has 0 spiro atoms. The molecule has 1 N–H and O–H groups in total. The summed E-state index contributed by atoms with van der Waals surface area (Å²) in [5.41, 5.74) is 2.98. The number of nitrogens with zero attached hydrogens (tertiary/aromatic N) is 3. The van der Waals surface area contributed by atoms with E-state index < -0.39 is 0 Å². The number of methoxy groups -OCH3 is 1. The van der Waals surface area contributed by atoms with E-state index in [4.69, 9.17) is 4.74 Å². The zero-order valence-electron chi connectivity index (χ0n) is 15.2. The van der Waals surface area contributed by atoms with Crippen molar-refractivity contribution in [3.8, 4) is 11.3 Å². The van der Waals surface area contributed by atoms with Crippen molar-refractivity contribution in [2.75, 3.05) is 31.7 Å². The molecule has 0 saturated carbocycles. The third-order valence-corrected chi connectivity index (χ3v) is 4.37. The minimum Gasteiger partial charge on any atom is -0.385 e. The Bertz CT molecular complexity index is 783. The van der Waals surface area contributed by atoms with Crippen LogP contribution in [0.2, 0.25) is 0 Å². The number of aromatic nitrogens is 2. The number of fused-ring (bicyclic) bond motifs is 1. The van der Waals surface area contributed by atoms with E-state index in [0.717, 1.165) is 17.7 Å². The van der Waals surface area contributed by atoms with E-state index in [9.17, 15) is 9.59 Å². The van der Waals surface area contributed by atoms with E-state index in [-0.39, 0.29) is 18.4 Å². The van der Waals surface area contributed by atoms with E-state index in [1.54, 1.807) is 11.8 Å². The van der Waals surface area contributed by atoms with Crippen LogP contribution < -0.4 is 10.2 Å². The number of benzene rings is 1. The first kappa shape index (κ1) is 18.1. The molecule has 2 heterocycles. The lowest BCUT2D eigenvalue weighted by atomic mass is 10.1. The van der Waals surface area contributed by atoms with Crippen LogP contribution in [0.4, 0.5) is 5.82 Å². The van der Waals surface area contributed by atoms with Crippen LogP contribution in [0.3, 0.4) is 0 Å². The van der Waals surface area contributed by atoms with Crippen LogP contribution in [0.1, 0.15) is 18.4 Å². The van der Waals surface area contributed by atoms with Gasteiger partial charge in [-0.15, -0.1) is 0 Å². The summed E-state index contributed by atoms with van der Waals surface area (Å²) in [4.78, 5) is 26.0. The molecule has 0 atom stereocenters. The second-order valence-corrected chi connectivity index (χ2v) is 6.40. The fourth-order valence-corrected chi connectivity index (χ4v) is 2.93. The largest absolute Gasteiger partial charge is 0.385 e. The van der Waals surface area contributed by atoms with E-state index in [1.165, 1.54) is 10.5 Å². The zero-order valence-corrected chi connectivity index (χ0v) is 15.2. The number of aryl methyl sites for hydroxylation is 2. The average Bonchev–Trinajstić information content (AvgIpc) is 3.06. The van der Waals surface area contributed by atoms with Gasteiger partial charge in [-0.3, -0.25) is 14.5 Å². The fraction of sp³-hybridized carbons (Fsp3) is 0.421. The number of hydrogen-bond donors (Lipinski definition) is 1. The molecule has 0 fully saturated rings. The van der Waals surface area contributed by atoms with Crippen LogP contribution in [0.5, 0.6) is 0 Å². The number of anilines is 1. The molecular formula is C19H24N4O3. The topological polar surface area (TPSA) is 76.5 Å². The molecule has 0 aliphatic carbocycles. The number of hydrogen-bond acceptors (Lipinski definition) is 4. The summed E-state index contributed by atoms with van der Waals surface area (Å²) in [6.45, 7) is 3.70. The first-order chi connectivity index (χ1) is 12.6. The van der Waals surface area contributed by atoms with Gasteiger partial charge in [0, 0.05) is 38.3 Å². The summed E-state index contributed by atoms with van der Waals surface area (Å²) in [6.07, 6.45) is 1.09. The lowest BCUT2D eigenvalue weighted by Gasteiger charge is -2.26. The monoisotopic (exact) mass is 356 g/mol. The van der Waals surface area contributed by atoms with Gasteiger partial charge in [-0.1, -0.05) is 29.8 Å². The Morgan fingerprint density at radius 3 is 2.81 bits per heavy atom. The standard InChI is InChI=1S/C19H24N4O3/c1-14-4-6-15(7-5-14)16-12-18-22(19(25)8-10-23(18)21-16)13-17(24)20-9-3-11-26-2/h4-7,12H,3,8-11,13H2,1-2H3,(H,20,24). The third kappa shape index (κ3) is 4.11. The summed E-state index contributed by atoms with van der Waals surface area (Å²) in [5, 5.41) is 7.42. The molecule has 138 valence electrons. The van der Waals surface area contributed by atoms with Gasteiger partial charge >= 0.3 is 0 Å². The number of rotatable bonds is 7. The van der Waals surface area contributed by atoms with Gasteiger partial charge in [-0.25, -0.2) is 4.68 Å². The molecule has 0 radical (unpaired) electrons. The highest BCUT2D eigenvalue weighted by Gasteiger charge is 2.28. The highest BCUT2D eigenvalue weighted by Crippen LogP contribution is 2.28. The molecule has 1 aromatic heterocycles. The molecule has 0 bridgehead atoms. The molecule has 3 rings (SSSR count). The van der Waals surface area contributed by atoms with Crippen LogP contribution in [0.25, 0.3) is 11.3 Å². The first-order valence-electron chi connectivity index (χ1n) is 8.79. The minimum absolute atomic E-state index is 0.00481. The number of amides is 2. The van der Waals surface area contributed by atoms with E-state index in [2.05, 4.69) is 10.4 Å². The Morgan fingerprint density at radius 1 is 1.31 bits per heavy atom. The van der Waals surface area contributed by atoms with Crippen molar-refractivity contribution in [3.05, 3.63) is 35.9 Å². The fourth-order valence-electron chi connectivity index (χ4n) is 2.93. The lowest BCUT2D eigenvalue weighted by Crippen LogP contribution is -2.44. The molecule has 0 saturated heterocycles. The Labute approximate surface area is 152 Å². The van der Waals surface area contributed by atoms with Gasteiger partial charge in [0.05, 0.1) is 12.2 Å². The second-order valence-electron chi connectivity index (χ2n) is 6.40.